The van der Waals surface area contributed by atoms with Crippen molar-refractivity contribution in [3.8, 4) is 9.88 Å². The van der Waals surface area contributed by atoms with Crippen LogP contribution < -0.4 is 5.73 Å². The van der Waals surface area contributed by atoms with E-state index in [9.17, 15) is 4.79 Å². The molecule has 0 radical (unpaired) electrons. The molecule has 2 aromatic rings. The highest BCUT2D eigenvalue weighted by atomic mass is 79.9. The number of halogens is 1. The monoisotopic (exact) mass is 332 g/mol. The van der Waals surface area contributed by atoms with Gasteiger partial charge in [-0.25, -0.2) is 4.98 Å². The van der Waals surface area contributed by atoms with Gasteiger partial charge in [0.05, 0.1) is 10.6 Å². The fourth-order valence-electron chi connectivity index (χ4n) is 1.23. The van der Waals surface area contributed by atoms with Crippen molar-refractivity contribution >= 4 is 44.6 Å². The zero-order chi connectivity index (χ0) is 12.6. The predicted molar refractivity (Wildman–Crippen MR) is 72.4 cm³/mol. The maximum atomic E-state index is 10.7. The van der Waals surface area contributed by atoms with Gasteiger partial charge in [0.2, 0.25) is 0 Å². The Hall–Kier alpha value is -0.760. The van der Waals surface area contributed by atoms with E-state index in [1.165, 1.54) is 16.2 Å². The lowest BCUT2D eigenvalue weighted by Crippen LogP contribution is -2.20. The molecule has 4 nitrogen and oxygen atoms in total. The molecule has 0 amide bonds. The Labute approximate surface area is 114 Å². The van der Waals surface area contributed by atoms with Crippen LogP contribution in [0.25, 0.3) is 9.88 Å². The first-order valence-electron chi connectivity index (χ1n) is 4.69. The number of thiophene rings is 1. The zero-order valence-electron chi connectivity index (χ0n) is 8.81. The average Bonchev–Trinajstić information content (AvgIpc) is 2.85. The number of carboxylic acids is 1. The van der Waals surface area contributed by atoms with Crippen LogP contribution in [0.15, 0.2) is 15.9 Å². The van der Waals surface area contributed by atoms with Gasteiger partial charge < -0.3 is 10.8 Å². The molecule has 3 N–H and O–H groups in total. The number of thiazole rings is 1. The Kier molecular flexibility index (Phi) is 3.62. The van der Waals surface area contributed by atoms with Crippen LogP contribution in [0.4, 0.5) is 0 Å². The van der Waals surface area contributed by atoms with E-state index in [0.717, 1.165) is 14.4 Å². The summed E-state index contributed by atoms with van der Waals surface area (Å²) in [6, 6.07) is 0.930. The standard InChI is InChI=1S/C10H9BrN2O2S2/c1-4-5(11)2-7(17-4)9-13-6(3-16-9)8(12)10(14)15/h2-3,8H,12H2,1H3,(H,14,15). The lowest BCUT2D eigenvalue weighted by atomic mass is 10.2. The molecule has 0 aliphatic rings. The second-order valence-corrected chi connectivity index (χ2v) is 6.38. The third-order valence-electron chi connectivity index (χ3n) is 2.17. The van der Waals surface area contributed by atoms with E-state index in [2.05, 4.69) is 20.9 Å². The normalized spacial score (nSPS) is 12.6. The molecule has 0 aliphatic carbocycles. The first kappa shape index (κ1) is 12.7. The molecule has 1 atom stereocenters. The average molecular weight is 333 g/mol. The van der Waals surface area contributed by atoms with Crippen molar-refractivity contribution in [1.29, 1.82) is 0 Å². The van der Waals surface area contributed by atoms with Crippen LogP contribution in [0.2, 0.25) is 0 Å². The molecular formula is C10H9BrN2O2S2. The van der Waals surface area contributed by atoms with E-state index in [1.807, 2.05) is 13.0 Å². The van der Waals surface area contributed by atoms with Crippen molar-refractivity contribution < 1.29 is 9.90 Å². The number of aromatic nitrogens is 1. The molecule has 7 heteroatoms. The Bertz CT molecular complexity index is 545. The molecule has 2 aromatic heterocycles. The summed E-state index contributed by atoms with van der Waals surface area (Å²) >= 11 is 6.46. The lowest BCUT2D eigenvalue weighted by Gasteiger charge is -2.00. The summed E-state index contributed by atoms with van der Waals surface area (Å²) in [6.07, 6.45) is 0. The van der Waals surface area contributed by atoms with Gasteiger partial charge in [-0.3, -0.25) is 4.79 Å². The van der Waals surface area contributed by atoms with E-state index < -0.39 is 12.0 Å². The zero-order valence-corrected chi connectivity index (χ0v) is 12.0. The number of rotatable bonds is 3. The van der Waals surface area contributed by atoms with Gasteiger partial charge in [-0.1, -0.05) is 0 Å². The van der Waals surface area contributed by atoms with Gasteiger partial charge in [0.25, 0.3) is 0 Å². The highest BCUT2D eigenvalue weighted by Crippen LogP contribution is 2.36. The maximum Gasteiger partial charge on any atom is 0.326 e. The molecule has 0 spiro atoms. The number of nitrogens with zero attached hydrogens (tertiary/aromatic N) is 1. The van der Waals surface area contributed by atoms with Crippen LogP contribution in [0.1, 0.15) is 16.6 Å². The lowest BCUT2D eigenvalue weighted by molar-refractivity contribution is -0.138. The van der Waals surface area contributed by atoms with Gasteiger partial charge in [-0.2, -0.15) is 0 Å². The molecule has 0 aliphatic heterocycles. The molecular weight excluding hydrogens is 324 g/mol. The number of nitrogens with two attached hydrogens (primary N) is 1. The van der Waals surface area contributed by atoms with E-state index in [1.54, 1.807) is 16.7 Å². The molecule has 17 heavy (non-hydrogen) atoms. The number of carboxylic acid groups (broad SMARTS) is 1. The third kappa shape index (κ3) is 2.57. The van der Waals surface area contributed by atoms with Crippen molar-refractivity contribution in [2.24, 2.45) is 5.73 Å². The van der Waals surface area contributed by atoms with E-state index in [4.69, 9.17) is 10.8 Å². The largest absolute Gasteiger partial charge is 0.480 e. The van der Waals surface area contributed by atoms with Crippen molar-refractivity contribution in [2.75, 3.05) is 0 Å². The highest BCUT2D eigenvalue weighted by molar-refractivity contribution is 9.10. The molecule has 0 bridgehead atoms. The van der Waals surface area contributed by atoms with Crippen molar-refractivity contribution in [3.05, 3.63) is 26.5 Å². The van der Waals surface area contributed by atoms with Crippen LogP contribution in [-0.2, 0) is 4.79 Å². The SMILES string of the molecule is Cc1sc(-c2nc(C(N)C(=O)O)cs2)cc1Br. The summed E-state index contributed by atoms with van der Waals surface area (Å²) < 4.78 is 1.04. The Balaban J connectivity index is 2.32. The molecule has 0 saturated heterocycles. The molecule has 90 valence electrons. The maximum absolute atomic E-state index is 10.7. The predicted octanol–water partition coefficient (Wildman–Crippen LogP) is 3.03. The number of aryl methyl sites for hydroxylation is 1. The summed E-state index contributed by atoms with van der Waals surface area (Å²) in [5.74, 6) is -1.06. The first-order valence-corrected chi connectivity index (χ1v) is 7.18. The Morgan fingerprint density at radius 3 is 2.88 bits per heavy atom. The minimum absolute atomic E-state index is 0.402. The molecule has 0 fully saturated rings. The van der Waals surface area contributed by atoms with Gasteiger partial charge in [-0.05, 0) is 28.9 Å². The van der Waals surface area contributed by atoms with Crippen molar-refractivity contribution in [1.82, 2.24) is 4.98 Å². The first-order chi connectivity index (χ1) is 7.99. The number of hydrogen-bond acceptors (Lipinski definition) is 5. The number of aliphatic carboxylic acids is 1. The van der Waals surface area contributed by atoms with Gasteiger partial charge in [0.15, 0.2) is 0 Å². The smallest absolute Gasteiger partial charge is 0.326 e. The minimum atomic E-state index is -1.06. The molecule has 2 heterocycles. The van der Waals surface area contributed by atoms with E-state index in [0.29, 0.717) is 5.69 Å². The van der Waals surface area contributed by atoms with Crippen LogP contribution in [0, 0.1) is 6.92 Å². The van der Waals surface area contributed by atoms with Crippen molar-refractivity contribution in [2.45, 2.75) is 13.0 Å². The molecule has 0 saturated carbocycles. The topological polar surface area (TPSA) is 76.2 Å². The molecule has 1 unspecified atom stereocenters. The fourth-order valence-corrected chi connectivity index (χ4v) is 3.69. The Morgan fingerprint density at radius 2 is 2.35 bits per heavy atom. The van der Waals surface area contributed by atoms with Crippen LogP contribution in [-0.4, -0.2) is 16.1 Å². The number of carbonyl (C=O) groups is 1. The summed E-state index contributed by atoms with van der Waals surface area (Å²) in [5, 5.41) is 11.3. The molecule has 2 rings (SSSR count). The van der Waals surface area contributed by atoms with Crippen LogP contribution in [0.5, 0.6) is 0 Å². The summed E-state index contributed by atoms with van der Waals surface area (Å²) in [5.41, 5.74) is 5.91. The highest BCUT2D eigenvalue weighted by Gasteiger charge is 2.18. The third-order valence-corrected chi connectivity index (χ3v) is 5.34. The van der Waals surface area contributed by atoms with Crippen LogP contribution in [0.3, 0.4) is 0 Å². The summed E-state index contributed by atoms with van der Waals surface area (Å²) in [6.45, 7) is 2.01. The summed E-state index contributed by atoms with van der Waals surface area (Å²) in [4.78, 5) is 17.2. The van der Waals surface area contributed by atoms with E-state index >= 15 is 0 Å². The van der Waals surface area contributed by atoms with Crippen LogP contribution >= 0.6 is 38.6 Å². The molecule has 0 aromatic carbocycles. The quantitative estimate of drug-likeness (QED) is 0.905. The van der Waals surface area contributed by atoms with Gasteiger partial charge in [0.1, 0.15) is 11.0 Å². The van der Waals surface area contributed by atoms with Crippen molar-refractivity contribution in [3.63, 3.8) is 0 Å². The number of hydrogen-bond donors (Lipinski definition) is 2. The van der Waals surface area contributed by atoms with E-state index in [-0.39, 0.29) is 0 Å². The second kappa shape index (κ2) is 4.85. The fraction of sp³-hybridized carbons (Fsp3) is 0.200. The summed E-state index contributed by atoms with van der Waals surface area (Å²) in [7, 11) is 0. The minimum Gasteiger partial charge on any atom is -0.480 e. The van der Waals surface area contributed by atoms with Gasteiger partial charge in [0, 0.05) is 14.7 Å². The van der Waals surface area contributed by atoms with Gasteiger partial charge >= 0.3 is 5.97 Å². The Morgan fingerprint density at radius 1 is 1.65 bits per heavy atom. The second-order valence-electron chi connectivity index (χ2n) is 3.41. The van der Waals surface area contributed by atoms with Gasteiger partial charge in [-0.15, -0.1) is 22.7 Å².